The molecule has 0 unspecified atom stereocenters. The van der Waals surface area contributed by atoms with Crippen LogP contribution in [0.4, 0.5) is 0 Å². The van der Waals surface area contributed by atoms with Crippen molar-refractivity contribution >= 4 is 0 Å². The van der Waals surface area contributed by atoms with E-state index in [2.05, 4.69) is 28.1 Å². The lowest BCUT2D eigenvalue weighted by Crippen LogP contribution is -2.41. The molecule has 0 radical (unpaired) electrons. The van der Waals surface area contributed by atoms with E-state index in [4.69, 9.17) is 14.7 Å². The molecule has 0 saturated carbocycles. The summed E-state index contributed by atoms with van der Waals surface area (Å²) >= 11 is 0. The van der Waals surface area contributed by atoms with E-state index in [1.54, 1.807) is 18.5 Å². The molecular formula is C17H21N5O2. The first kappa shape index (κ1) is 16.4. The molecule has 1 aliphatic rings. The Labute approximate surface area is 141 Å². The summed E-state index contributed by atoms with van der Waals surface area (Å²) in [6.45, 7) is 6.60. The first-order chi connectivity index (χ1) is 11.8. The van der Waals surface area contributed by atoms with Gasteiger partial charge < -0.3 is 14.0 Å². The molecule has 0 aliphatic carbocycles. The summed E-state index contributed by atoms with van der Waals surface area (Å²) in [5, 5.41) is 17.1. The van der Waals surface area contributed by atoms with Crippen molar-refractivity contribution in [1.82, 2.24) is 19.7 Å². The van der Waals surface area contributed by atoms with E-state index in [0.29, 0.717) is 18.8 Å². The second kappa shape index (κ2) is 7.90. The van der Waals surface area contributed by atoms with E-state index < -0.39 is 0 Å². The van der Waals surface area contributed by atoms with Crippen molar-refractivity contribution in [3.05, 3.63) is 42.0 Å². The lowest BCUT2D eigenvalue weighted by Gasteiger charge is -2.32. The first-order valence-corrected chi connectivity index (χ1v) is 8.14. The molecule has 1 aromatic heterocycles. The number of hydrogen-bond donors (Lipinski definition) is 0. The third-order valence-corrected chi connectivity index (χ3v) is 4.06. The highest BCUT2D eigenvalue weighted by molar-refractivity contribution is 5.36. The van der Waals surface area contributed by atoms with Crippen LogP contribution in [0.15, 0.2) is 30.6 Å². The van der Waals surface area contributed by atoms with Gasteiger partial charge in [-0.15, -0.1) is 10.2 Å². The van der Waals surface area contributed by atoms with Crippen molar-refractivity contribution in [2.24, 2.45) is 0 Å². The SMILES string of the molecule is CCn1cnnc1[C@@H]1CN(CCOc2cccc(C#N)c2)CCO1. The van der Waals surface area contributed by atoms with Gasteiger partial charge in [0.2, 0.25) is 0 Å². The van der Waals surface area contributed by atoms with E-state index in [0.717, 1.165) is 37.8 Å². The van der Waals surface area contributed by atoms with Crippen molar-refractivity contribution in [3.63, 3.8) is 0 Å². The summed E-state index contributed by atoms with van der Waals surface area (Å²) in [5.74, 6) is 1.61. The minimum Gasteiger partial charge on any atom is -0.492 e. The van der Waals surface area contributed by atoms with E-state index in [9.17, 15) is 0 Å². The highest BCUT2D eigenvalue weighted by Crippen LogP contribution is 2.20. The number of ether oxygens (including phenoxy) is 2. The van der Waals surface area contributed by atoms with E-state index in [1.807, 2.05) is 16.7 Å². The number of nitriles is 1. The number of nitrogens with zero attached hydrogens (tertiary/aromatic N) is 5. The van der Waals surface area contributed by atoms with Crippen molar-refractivity contribution in [2.75, 3.05) is 32.8 Å². The maximum Gasteiger partial charge on any atom is 0.163 e. The minimum atomic E-state index is -0.0527. The quantitative estimate of drug-likeness (QED) is 0.802. The summed E-state index contributed by atoms with van der Waals surface area (Å²) in [6.07, 6.45) is 1.69. The Bertz CT molecular complexity index is 709. The second-order valence-electron chi connectivity index (χ2n) is 5.62. The zero-order valence-corrected chi connectivity index (χ0v) is 13.8. The van der Waals surface area contributed by atoms with Crippen LogP contribution in [0.5, 0.6) is 5.75 Å². The van der Waals surface area contributed by atoms with Gasteiger partial charge in [-0.1, -0.05) is 6.07 Å². The Kier molecular flexibility index (Phi) is 5.41. The van der Waals surface area contributed by atoms with Crippen LogP contribution in [0.3, 0.4) is 0 Å². The van der Waals surface area contributed by atoms with Crippen molar-refractivity contribution in [1.29, 1.82) is 5.26 Å². The standard InChI is InChI=1S/C17H21N5O2/c1-2-22-13-19-20-17(22)16-12-21(7-9-24-16)6-8-23-15-5-3-4-14(10-15)11-18/h3-5,10,13,16H,2,6-9,12H2,1H3/t16-/m0/s1. The zero-order chi connectivity index (χ0) is 16.8. The molecule has 3 rings (SSSR count). The van der Waals surface area contributed by atoms with E-state index >= 15 is 0 Å². The second-order valence-corrected chi connectivity index (χ2v) is 5.62. The number of rotatable bonds is 6. The van der Waals surface area contributed by atoms with Gasteiger partial charge in [-0.2, -0.15) is 5.26 Å². The topological polar surface area (TPSA) is 76.2 Å². The first-order valence-electron chi connectivity index (χ1n) is 8.14. The van der Waals surface area contributed by atoms with Gasteiger partial charge in [0.05, 0.1) is 18.2 Å². The maximum atomic E-state index is 8.91. The fraction of sp³-hybridized carbons (Fsp3) is 0.471. The Morgan fingerprint density at radius 3 is 3.21 bits per heavy atom. The lowest BCUT2D eigenvalue weighted by atomic mass is 10.2. The summed E-state index contributed by atoms with van der Waals surface area (Å²) in [5.41, 5.74) is 0.609. The molecule has 0 amide bonds. The highest BCUT2D eigenvalue weighted by Gasteiger charge is 2.25. The molecule has 0 N–H and O–H groups in total. The van der Waals surface area contributed by atoms with Crippen molar-refractivity contribution < 1.29 is 9.47 Å². The van der Waals surface area contributed by atoms with Gasteiger partial charge in [0.25, 0.3) is 0 Å². The smallest absolute Gasteiger partial charge is 0.163 e. The van der Waals surface area contributed by atoms with Crippen LogP contribution in [0.2, 0.25) is 0 Å². The van der Waals surface area contributed by atoms with E-state index in [1.165, 1.54) is 0 Å². The van der Waals surface area contributed by atoms with Crippen LogP contribution in [0.25, 0.3) is 0 Å². The monoisotopic (exact) mass is 327 g/mol. The summed E-state index contributed by atoms with van der Waals surface area (Å²) < 4.78 is 13.6. The van der Waals surface area contributed by atoms with Crippen LogP contribution < -0.4 is 4.74 Å². The molecule has 0 bridgehead atoms. The minimum absolute atomic E-state index is 0.0527. The Morgan fingerprint density at radius 2 is 2.38 bits per heavy atom. The average Bonchev–Trinajstić information content (AvgIpc) is 3.11. The number of aryl methyl sites for hydroxylation is 1. The average molecular weight is 327 g/mol. The van der Waals surface area contributed by atoms with Gasteiger partial charge in [-0.3, -0.25) is 4.90 Å². The molecule has 2 aromatic rings. The molecule has 1 fully saturated rings. The molecule has 2 heterocycles. The number of hydrogen-bond acceptors (Lipinski definition) is 6. The fourth-order valence-corrected chi connectivity index (χ4v) is 2.77. The molecule has 7 heteroatoms. The molecule has 1 atom stereocenters. The lowest BCUT2D eigenvalue weighted by molar-refractivity contribution is -0.0387. The Balaban J connectivity index is 1.51. The van der Waals surface area contributed by atoms with Crippen LogP contribution in [-0.2, 0) is 11.3 Å². The number of morpholine rings is 1. The normalized spacial score (nSPS) is 18.2. The van der Waals surface area contributed by atoms with Crippen LogP contribution in [-0.4, -0.2) is 52.5 Å². The van der Waals surface area contributed by atoms with Gasteiger partial charge in [0.1, 0.15) is 24.8 Å². The molecule has 0 spiro atoms. The van der Waals surface area contributed by atoms with Crippen molar-refractivity contribution in [2.45, 2.75) is 19.6 Å². The molecule has 1 aromatic carbocycles. The number of benzene rings is 1. The summed E-state index contributed by atoms with van der Waals surface area (Å²) in [4.78, 5) is 2.30. The molecule has 24 heavy (non-hydrogen) atoms. The van der Waals surface area contributed by atoms with Crippen LogP contribution in [0, 0.1) is 11.3 Å². The molecular weight excluding hydrogens is 306 g/mol. The van der Waals surface area contributed by atoms with Gasteiger partial charge in [0, 0.05) is 26.2 Å². The predicted octanol–water partition coefficient (Wildman–Crippen LogP) is 1.62. The Morgan fingerprint density at radius 1 is 1.46 bits per heavy atom. The van der Waals surface area contributed by atoms with Crippen molar-refractivity contribution in [3.8, 4) is 11.8 Å². The molecule has 7 nitrogen and oxygen atoms in total. The maximum absolute atomic E-state index is 8.91. The highest BCUT2D eigenvalue weighted by atomic mass is 16.5. The molecule has 126 valence electrons. The van der Waals surface area contributed by atoms with Gasteiger partial charge in [-0.25, -0.2) is 0 Å². The third-order valence-electron chi connectivity index (χ3n) is 4.06. The van der Waals surface area contributed by atoms with Crippen LogP contribution >= 0.6 is 0 Å². The van der Waals surface area contributed by atoms with Gasteiger partial charge in [-0.05, 0) is 25.1 Å². The number of aromatic nitrogens is 3. The fourth-order valence-electron chi connectivity index (χ4n) is 2.77. The van der Waals surface area contributed by atoms with Gasteiger partial charge >= 0.3 is 0 Å². The van der Waals surface area contributed by atoms with E-state index in [-0.39, 0.29) is 6.10 Å². The van der Waals surface area contributed by atoms with Gasteiger partial charge in [0.15, 0.2) is 5.82 Å². The third kappa shape index (κ3) is 3.91. The largest absolute Gasteiger partial charge is 0.492 e. The molecule has 1 saturated heterocycles. The van der Waals surface area contributed by atoms with Crippen LogP contribution in [0.1, 0.15) is 24.4 Å². The summed E-state index contributed by atoms with van der Waals surface area (Å²) in [6, 6.07) is 9.34. The molecule has 1 aliphatic heterocycles. The Hall–Kier alpha value is -2.43. The summed E-state index contributed by atoms with van der Waals surface area (Å²) in [7, 11) is 0. The zero-order valence-electron chi connectivity index (χ0n) is 13.8. The predicted molar refractivity (Wildman–Crippen MR) is 87.5 cm³/mol.